The molecule has 1 unspecified atom stereocenters. The quantitative estimate of drug-likeness (QED) is 0.825. The van der Waals surface area contributed by atoms with E-state index in [1.807, 2.05) is 24.3 Å². The van der Waals surface area contributed by atoms with E-state index in [4.69, 9.17) is 11.6 Å². The van der Waals surface area contributed by atoms with Crippen LogP contribution in [-0.2, 0) is 6.42 Å². The summed E-state index contributed by atoms with van der Waals surface area (Å²) < 4.78 is 13.4. The number of benzene rings is 2. The molecule has 21 heavy (non-hydrogen) atoms. The zero-order chi connectivity index (χ0) is 14.7. The van der Waals surface area contributed by atoms with Crippen LogP contribution < -0.4 is 5.32 Å². The highest BCUT2D eigenvalue weighted by molar-refractivity contribution is 6.30. The molecule has 0 radical (unpaired) electrons. The average molecular weight is 304 g/mol. The second-order valence-corrected chi connectivity index (χ2v) is 6.20. The van der Waals surface area contributed by atoms with E-state index < -0.39 is 0 Å². The molecule has 1 saturated carbocycles. The lowest BCUT2D eigenvalue weighted by molar-refractivity contribution is 0.573. The first-order chi connectivity index (χ1) is 10.2. The molecule has 0 amide bonds. The van der Waals surface area contributed by atoms with Gasteiger partial charge in [0.2, 0.25) is 0 Å². The van der Waals surface area contributed by atoms with E-state index in [0.29, 0.717) is 12.0 Å². The van der Waals surface area contributed by atoms with Gasteiger partial charge in [0.05, 0.1) is 0 Å². The third-order valence-corrected chi connectivity index (χ3v) is 4.16. The van der Waals surface area contributed by atoms with Crippen molar-refractivity contribution in [3.63, 3.8) is 0 Å². The number of hydrogen-bond acceptors (Lipinski definition) is 1. The molecule has 0 aliphatic heterocycles. The first-order valence-corrected chi connectivity index (χ1v) is 7.82. The van der Waals surface area contributed by atoms with Gasteiger partial charge in [-0.15, -0.1) is 0 Å². The van der Waals surface area contributed by atoms with Crippen LogP contribution in [0.1, 0.15) is 29.9 Å². The molecule has 0 aromatic heterocycles. The maximum atomic E-state index is 13.4. The number of halogens is 2. The highest BCUT2D eigenvalue weighted by atomic mass is 35.5. The summed E-state index contributed by atoms with van der Waals surface area (Å²) in [4.78, 5) is 0. The summed E-state index contributed by atoms with van der Waals surface area (Å²) in [5.41, 5.74) is 2.23. The summed E-state index contributed by atoms with van der Waals surface area (Å²) in [6.45, 7) is 0.904. The number of nitrogens with one attached hydrogen (secondary N) is 1. The lowest BCUT2D eigenvalue weighted by atomic mass is 9.92. The molecule has 0 heterocycles. The van der Waals surface area contributed by atoms with Crippen molar-refractivity contribution in [1.29, 1.82) is 0 Å². The summed E-state index contributed by atoms with van der Waals surface area (Å²) in [6, 6.07) is 15.5. The molecule has 3 heteroatoms. The van der Waals surface area contributed by atoms with Crippen LogP contribution in [0.3, 0.4) is 0 Å². The van der Waals surface area contributed by atoms with Crippen LogP contribution in [-0.4, -0.2) is 12.6 Å². The van der Waals surface area contributed by atoms with E-state index in [0.717, 1.165) is 23.6 Å². The van der Waals surface area contributed by atoms with Crippen LogP contribution in [0.15, 0.2) is 48.5 Å². The Kier molecular flexibility index (Phi) is 4.57. The van der Waals surface area contributed by atoms with Gasteiger partial charge in [0, 0.05) is 23.5 Å². The molecule has 1 atom stereocenters. The molecule has 3 rings (SSSR count). The smallest absolute Gasteiger partial charge is 0.123 e. The summed E-state index contributed by atoms with van der Waals surface area (Å²) >= 11 is 6.11. The van der Waals surface area contributed by atoms with E-state index in [-0.39, 0.29) is 5.82 Å². The van der Waals surface area contributed by atoms with E-state index >= 15 is 0 Å². The summed E-state index contributed by atoms with van der Waals surface area (Å²) in [5.74, 6) is 0.138. The minimum Gasteiger partial charge on any atom is -0.313 e. The molecule has 1 aliphatic carbocycles. The fourth-order valence-corrected chi connectivity index (χ4v) is 2.81. The lowest BCUT2D eigenvalue weighted by Crippen LogP contribution is -2.24. The fourth-order valence-electron chi connectivity index (χ4n) is 2.61. The van der Waals surface area contributed by atoms with Gasteiger partial charge in [-0.3, -0.25) is 0 Å². The Balaban J connectivity index is 1.77. The van der Waals surface area contributed by atoms with Crippen molar-refractivity contribution in [2.24, 2.45) is 0 Å². The van der Waals surface area contributed by atoms with Crippen molar-refractivity contribution in [1.82, 2.24) is 5.32 Å². The molecule has 1 fully saturated rings. The zero-order valence-electron chi connectivity index (χ0n) is 11.9. The Hall–Kier alpha value is -1.38. The van der Waals surface area contributed by atoms with Crippen LogP contribution in [0.25, 0.3) is 0 Å². The highest BCUT2D eigenvalue weighted by Gasteiger charge is 2.22. The largest absolute Gasteiger partial charge is 0.313 e. The number of hydrogen-bond donors (Lipinski definition) is 1. The molecular formula is C18H19ClFN. The van der Waals surface area contributed by atoms with Crippen LogP contribution in [0.2, 0.25) is 5.02 Å². The Morgan fingerprint density at radius 3 is 2.67 bits per heavy atom. The molecular weight excluding hydrogens is 285 g/mol. The molecule has 1 nitrogen and oxygen atoms in total. The fraction of sp³-hybridized carbons (Fsp3) is 0.333. The number of rotatable bonds is 6. The average Bonchev–Trinajstić information content (AvgIpc) is 3.27. The highest BCUT2D eigenvalue weighted by Crippen LogP contribution is 2.26. The summed E-state index contributed by atoms with van der Waals surface area (Å²) in [7, 11) is 0. The normalized spacial score (nSPS) is 15.9. The third-order valence-electron chi connectivity index (χ3n) is 3.92. The van der Waals surface area contributed by atoms with Gasteiger partial charge in [-0.1, -0.05) is 35.9 Å². The maximum Gasteiger partial charge on any atom is 0.123 e. The Labute approximate surface area is 130 Å². The van der Waals surface area contributed by atoms with Gasteiger partial charge < -0.3 is 5.32 Å². The van der Waals surface area contributed by atoms with E-state index in [2.05, 4.69) is 11.4 Å². The molecule has 2 aromatic rings. The molecule has 0 saturated heterocycles. The summed E-state index contributed by atoms with van der Waals surface area (Å²) in [6.07, 6.45) is 3.35. The third kappa shape index (κ3) is 4.29. The van der Waals surface area contributed by atoms with Crippen LogP contribution in [0.4, 0.5) is 4.39 Å². The van der Waals surface area contributed by atoms with E-state index in [1.165, 1.54) is 24.5 Å². The Morgan fingerprint density at radius 2 is 1.95 bits per heavy atom. The first-order valence-electron chi connectivity index (χ1n) is 7.44. The zero-order valence-corrected chi connectivity index (χ0v) is 12.6. The van der Waals surface area contributed by atoms with Crippen molar-refractivity contribution in [2.75, 3.05) is 6.54 Å². The molecule has 1 N–H and O–H groups in total. The van der Waals surface area contributed by atoms with Crippen LogP contribution in [0.5, 0.6) is 0 Å². The second kappa shape index (κ2) is 6.59. The first kappa shape index (κ1) is 14.6. The predicted molar refractivity (Wildman–Crippen MR) is 85.3 cm³/mol. The molecule has 1 aliphatic rings. The Bertz CT molecular complexity index is 610. The minimum absolute atomic E-state index is 0.174. The van der Waals surface area contributed by atoms with E-state index in [9.17, 15) is 4.39 Å². The second-order valence-electron chi connectivity index (χ2n) is 5.77. The summed E-state index contributed by atoms with van der Waals surface area (Å²) in [5, 5.41) is 4.33. The Morgan fingerprint density at radius 1 is 1.14 bits per heavy atom. The molecule has 0 bridgehead atoms. The molecule has 0 spiro atoms. The molecule has 2 aromatic carbocycles. The van der Waals surface area contributed by atoms with Crippen molar-refractivity contribution < 1.29 is 4.39 Å². The topological polar surface area (TPSA) is 12.0 Å². The standard InChI is InChI=1S/C18H19ClFN/c19-16-5-2-4-14(11-16)15(12-21-18-7-8-18)9-13-3-1-6-17(20)10-13/h1-6,10-11,15,18,21H,7-9,12H2. The van der Waals surface area contributed by atoms with Crippen LogP contribution >= 0.6 is 11.6 Å². The lowest BCUT2D eigenvalue weighted by Gasteiger charge is -2.19. The minimum atomic E-state index is -0.174. The van der Waals surface area contributed by atoms with Crippen LogP contribution in [0, 0.1) is 5.82 Å². The van der Waals surface area contributed by atoms with Crippen molar-refractivity contribution in [3.8, 4) is 0 Å². The molecule has 110 valence electrons. The van der Waals surface area contributed by atoms with Gasteiger partial charge in [-0.25, -0.2) is 4.39 Å². The van der Waals surface area contributed by atoms with Gasteiger partial charge in [0.15, 0.2) is 0 Å². The van der Waals surface area contributed by atoms with Gasteiger partial charge >= 0.3 is 0 Å². The van der Waals surface area contributed by atoms with Gasteiger partial charge in [-0.05, 0) is 54.7 Å². The monoisotopic (exact) mass is 303 g/mol. The van der Waals surface area contributed by atoms with E-state index in [1.54, 1.807) is 12.1 Å². The predicted octanol–water partition coefficient (Wildman–Crippen LogP) is 4.56. The SMILES string of the molecule is Fc1cccc(CC(CNC2CC2)c2cccc(Cl)c2)c1. The van der Waals surface area contributed by atoms with Gasteiger partial charge in [0.25, 0.3) is 0 Å². The van der Waals surface area contributed by atoms with Crippen molar-refractivity contribution in [3.05, 3.63) is 70.5 Å². The van der Waals surface area contributed by atoms with Gasteiger partial charge in [0.1, 0.15) is 5.82 Å². The van der Waals surface area contributed by atoms with Crippen molar-refractivity contribution >= 4 is 11.6 Å². The maximum absolute atomic E-state index is 13.4. The van der Waals surface area contributed by atoms with Gasteiger partial charge in [-0.2, -0.15) is 0 Å². The van der Waals surface area contributed by atoms with Crippen molar-refractivity contribution in [2.45, 2.75) is 31.2 Å².